The smallest absolute Gasteiger partial charge is 0.338 e. The van der Waals surface area contributed by atoms with Gasteiger partial charge in [-0.1, -0.05) is 67.1 Å². The topological polar surface area (TPSA) is 153 Å². The van der Waals surface area contributed by atoms with Gasteiger partial charge >= 0.3 is 12.0 Å². The minimum absolute atomic E-state index is 0.0210. The van der Waals surface area contributed by atoms with Crippen molar-refractivity contribution in [2.45, 2.75) is 43.0 Å². The van der Waals surface area contributed by atoms with Gasteiger partial charge in [-0.2, -0.15) is 11.8 Å². The SMILES string of the molecule is COC(=O)c1ccc(C(=O)NCCOCCOCCOCCNC(=O)CCCC[C@@H]2SC[C@@H]3NC(=O)N[C@H]32)cc1P(c1ccccc1)c1ccccc1. The van der Waals surface area contributed by atoms with Crippen LogP contribution in [0.25, 0.3) is 0 Å². The van der Waals surface area contributed by atoms with Gasteiger partial charge in [-0.05, 0) is 49.6 Å². The van der Waals surface area contributed by atoms with E-state index in [1.165, 1.54) is 7.11 Å². The first-order chi connectivity index (χ1) is 25.9. The Morgan fingerprint density at radius 2 is 1.42 bits per heavy atom. The van der Waals surface area contributed by atoms with Gasteiger partial charge in [0.05, 0.1) is 64.4 Å². The van der Waals surface area contributed by atoms with E-state index in [0.29, 0.717) is 75.5 Å². The molecule has 3 aromatic rings. The van der Waals surface area contributed by atoms with Crippen LogP contribution < -0.4 is 37.2 Å². The highest BCUT2D eigenvalue weighted by atomic mass is 32.2. The van der Waals surface area contributed by atoms with Crippen molar-refractivity contribution in [1.82, 2.24) is 21.3 Å². The molecule has 3 atom stereocenters. The van der Waals surface area contributed by atoms with Crippen molar-refractivity contribution in [2.75, 3.05) is 65.6 Å². The third-order valence-electron chi connectivity index (χ3n) is 8.86. The second-order valence-corrected chi connectivity index (χ2v) is 16.0. The molecule has 3 aromatic carbocycles. The van der Waals surface area contributed by atoms with Gasteiger partial charge in [-0.25, -0.2) is 9.59 Å². The van der Waals surface area contributed by atoms with Crippen molar-refractivity contribution in [3.05, 3.63) is 90.0 Å². The lowest BCUT2D eigenvalue weighted by atomic mass is 10.0. The highest BCUT2D eigenvalue weighted by Gasteiger charge is 2.42. The number of hydrogen-bond donors (Lipinski definition) is 4. The molecule has 4 amide bonds. The standard InChI is InChI=1S/C39H49N4O8PS/c1-48-38(46)31-17-16-28(26-33(31)52(29-10-4-2-5-11-29)30-12-6-3-7-13-30)37(45)41-19-21-50-23-25-51-24-22-49-20-18-40-35(44)15-9-8-14-34-36-32(27-53-34)42-39(47)43-36/h2-7,10-13,16-17,26,32,34,36H,8-9,14-15,18-25,27H2,1H3,(H,40,44)(H,41,45)(H2,42,43,47)/t32-,34-,36+/m0/s1. The molecule has 14 heteroatoms. The fourth-order valence-electron chi connectivity index (χ4n) is 6.23. The van der Waals surface area contributed by atoms with Crippen molar-refractivity contribution < 1.29 is 38.1 Å². The van der Waals surface area contributed by atoms with E-state index in [4.69, 9.17) is 18.9 Å². The zero-order valence-corrected chi connectivity index (χ0v) is 31.8. The van der Waals surface area contributed by atoms with E-state index >= 15 is 0 Å². The number of esters is 1. The van der Waals surface area contributed by atoms with Crippen LogP contribution in [0.4, 0.5) is 4.79 Å². The zero-order valence-electron chi connectivity index (χ0n) is 30.1. The summed E-state index contributed by atoms with van der Waals surface area (Å²) < 4.78 is 21.8. The monoisotopic (exact) mass is 764 g/mol. The molecule has 0 saturated carbocycles. The lowest BCUT2D eigenvalue weighted by Crippen LogP contribution is -2.36. The van der Waals surface area contributed by atoms with Gasteiger partial charge in [0.25, 0.3) is 5.91 Å². The molecule has 0 spiro atoms. The summed E-state index contributed by atoms with van der Waals surface area (Å²) in [6.07, 6.45) is 3.26. The Hall–Kier alpha value is -4.00. The van der Waals surface area contributed by atoms with E-state index in [1.807, 2.05) is 72.4 Å². The Bertz CT molecular complexity index is 1600. The molecule has 0 aliphatic carbocycles. The Morgan fingerprint density at radius 1 is 0.792 bits per heavy atom. The molecule has 2 heterocycles. The van der Waals surface area contributed by atoms with Gasteiger partial charge in [0, 0.05) is 41.4 Å². The zero-order chi connectivity index (χ0) is 37.3. The number of benzene rings is 3. The Morgan fingerprint density at radius 3 is 2.06 bits per heavy atom. The molecule has 284 valence electrons. The predicted molar refractivity (Wildman–Crippen MR) is 208 cm³/mol. The molecule has 0 bridgehead atoms. The van der Waals surface area contributed by atoms with Gasteiger partial charge in [0.15, 0.2) is 0 Å². The van der Waals surface area contributed by atoms with Crippen molar-refractivity contribution in [3.63, 3.8) is 0 Å². The predicted octanol–water partition coefficient (Wildman–Crippen LogP) is 2.85. The van der Waals surface area contributed by atoms with Gasteiger partial charge in [0.2, 0.25) is 5.91 Å². The minimum Gasteiger partial charge on any atom is -0.465 e. The third-order valence-corrected chi connectivity index (χ3v) is 12.8. The molecule has 2 fully saturated rings. The van der Waals surface area contributed by atoms with E-state index in [0.717, 1.165) is 40.9 Å². The molecule has 0 radical (unpaired) electrons. The molecule has 2 aliphatic rings. The lowest BCUT2D eigenvalue weighted by molar-refractivity contribution is -0.121. The Labute approximate surface area is 316 Å². The van der Waals surface area contributed by atoms with E-state index in [1.54, 1.807) is 18.2 Å². The van der Waals surface area contributed by atoms with Crippen LogP contribution in [0, 0.1) is 0 Å². The van der Waals surface area contributed by atoms with Crippen LogP contribution in [-0.2, 0) is 23.7 Å². The Balaban J connectivity index is 0.916. The summed E-state index contributed by atoms with van der Waals surface area (Å²) >= 11 is 1.89. The summed E-state index contributed by atoms with van der Waals surface area (Å²) in [7, 11) is 0.216. The maximum absolute atomic E-state index is 13.2. The maximum Gasteiger partial charge on any atom is 0.338 e. The molecule has 4 N–H and O–H groups in total. The van der Waals surface area contributed by atoms with Crippen LogP contribution in [0.3, 0.4) is 0 Å². The summed E-state index contributed by atoms with van der Waals surface area (Å²) in [5.41, 5.74) is 0.876. The van der Waals surface area contributed by atoms with Crippen LogP contribution in [0.1, 0.15) is 46.4 Å². The summed E-state index contributed by atoms with van der Waals surface area (Å²) in [5, 5.41) is 15.0. The first-order valence-electron chi connectivity index (χ1n) is 18.0. The average molecular weight is 765 g/mol. The second kappa shape index (κ2) is 21.6. The number of fused-ring (bicyclic) bond motifs is 1. The molecule has 2 aliphatic heterocycles. The van der Waals surface area contributed by atoms with Gasteiger partial charge < -0.3 is 40.2 Å². The molecule has 2 saturated heterocycles. The first-order valence-corrected chi connectivity index (χ1v) is 20.4. The quantitative estimate of drug-likeness (QED) is 0.0524. The fraction of sp³-hybridized carbons (Fsp3) is 0.436. The number of carbonyl (C=O) groups excluding carboxylic acids is 4. The molecule has 0 unspecified atom stereocenters. The number of amides is 4. The number of carbonyl (C=O) groups is 4. The number of hydrogen-bond acceptors (Lipinski definition) is 9. The Kier molecular flexibility index (Phi) is 16.4. The molecular formula is C39H49N4O8PS. The lowest BCUT2D eigenvalue weighted by Gasteiger charge is -2.22. The van der Waals surface area contributed by atoms with E-state index < -0.39 is 13.9 Å². The van der Waals surface area contributed by atoms with E-state index in [9.17, 15) is 19.2 Å². The molecule has 12 nitrogen and oxygen atoms in total. The number of nitrogens with one attached hydrogen (secondary N) is 4. The normalized spacial score (nSPS) is 17.5. The third kappa shape index (κ3) is 12.3. The maximum atomic E-state index is 13.2. The van der Waals surface area contributed by atoms with Gasteiger partial charge in [0.1, 0.15) is 0 Å². The second-order valence-electron chi connectivity index (χ2n) is 12.5. The van der Waals surface area contributed by atoms with E-state index in [2.05, 4.69) is 21.3 Å². The van der Waals surface area contributed by atoms with Crippen LogP contribution in [0.15, 0.2) is 78.9 Å². The summed E-state index contributed by atoms with van der Waals surface area (Å²) in [6.45, 7) is 3.06. The fourth-order valence-corrected chi connectivity index (χ4v) is 10.2. The molecule has 5 rings (SSSR count). The highest BCUT2D eigenvalue weighted by Crippen LogP contribution is 2.35. The van der Waals surface area contributed by atoms with E-state index in [-0.39, 0.29) is 29.9 Å². The van der Waals surface area contributed by atoms with Crippen LogP contribution in [0.2, 0.25) is 0 Å². The number of urea groups is 1. The number of methoxy groups -OCH3 is 1. The summed E-state index contributed by atoms with van der Waals surface area (Å²) in [6, 6.07) is 25.4. The van der Waals surface area contributed by atoms with Gasteiger partial charge in [-0.15, -0.1) is 0 Å². The van der Waals surface area contributed by atoms with Crippen LogP contribution in [0.5, 0.6) is 0 Å². The number of ether oxygens (including phenoxy) is 4. The van der Waals surface area contributed by atoms with Gasteiger partial charge in [-0.3, -0.25) is 9.59 Å². The molecule has 53 heavy (non-hydrogen) atoms. The summed E-state index contributed by atoms with van der Waals surface area (Å²) in [5.74, 6) is 0.256. The van der Waals surface area contributed by atoms with Crippen LogP contribution >= 0.6 is 19.7 Å². The first kappa shape index (κ1) is 40.2. The number of rotatable bonds is 22. The minimum atomic E-state index is -1.14. The van der Waals surface area contributed by atoms with Crippen molar-refractivity contribution in [1.29, 1.82) is 0 Å². The number of unbranched alkanes of at least 4 members (excludes halogenated alkanes) is 1. The largest absolute Gasteiger partial charge is 0.465 e. The van der Waals surface area contributed by atoms with Crippen molar-refractivity contribution in [2.24, 2.45) is 0 Å². The van der Waals surface area contributed by atoms with Crippen molar-refractivity contribution in [3.8, 4) is 0 Å². The van der Waals surface area contributed by atoms with Crippen molar-refractivity contribution >= 4 is 59.4 Å². The molecule has 0 aromatic heterocycles. The summed E-state index contributed by atoms with van der Waals surface area (Å²) in [4.78, 5) is 49.6. The average Bonchev–Trinajstić information content (AvgIpc) is 3.74. The highest BCUT2D eigenvalue weighted by molar-refractivity contribution is 8.00. The van der Waals surface area contributed by atoms with Crippen LogP contribution in [-0.4, -0.2) is 107 Å². The number of thioether (sulfide) groups is 1. The molecular weight excluding hydrogens is 715 g/mol.